The van der Waals surface area contributed by atoms with Gasteiger partial charge in [-0.25, -0.2) is 19.9 Å². The molecule has 4 aromatic heterocycles. The predicted molar refractivity (Wildman–Crippen MR) is 131 cm³/mol. The summed E-state index contributed by atoms with van der Waals surface area (Å²) in [6.45, 7) is 5.65. The van der Waals surface area contributed by atoms with Crippen molar-refractivity contribution in [3.05, 3.63) is 66.7 Å². The molecule has 0 aromatic carbocycles. The Morgan fingerprint density at radius 3 is 3.00 bits per heavy atom. The minimum Gasteiger partial charge on any atom is -0.353 e. The lowest BCUT2D eigenvalue weighted by Crippen LogP contribution is -2.49. The van der Waals surface area contributed by atoms with E-state index in [9.17, 15) is 4.79 Å². The maximum absolute atomic E-state index is 12.5. The SMILES string of the molecule is C=CC[C@@]1(N(C)c2ccc(C(=O)Nc3nccs3)cn2)CCN(c2ncnc3[nH]ccc23)C1. The van der Waals surface area contributed by atoms with Gasteiger partial charge in [0, 0.05) is 44.1 Å². The van der Waals surface area contributed by atoms with E-state index in [1.807, 2.05) is 29.8 Å². The van der Waals surface area contributed by atoms with E-state index >= 15 is 0 Å². The Bertz CT molecular complexity index is 1270. The number of aromatic nitrogens is 5. The van der Waals surface area contributed by atoms with Crippen molar-refractivity contribution in [2.24, 2.45) is 0 Å². The second-order valence-electron chi connectivity index (χ2n) is 8.08. The number of amides is 1. The zero-order valence-corrected chi connectivity index (χ0v) is 19.0. The summed E-state index contributed by atoms with van der Waals surface area (Å²) in [5, 5.41) is 6.19. The van der Waals surface area contributed by atoms with Crippen LogP contribution in [0.1, 0.15) is 23.2 Å². The number of fused-ring (bicyclic) bond motifs is 1. The van der Waals surface area contributed by atoms with Gasteiger partial charge in [-0.2, -0.15) is 0 Å². The third-order valence-electron chi connectivity index (χ3n) is 6.21. The van der Waals surface area contributed by atoms with Crippen LogP contribution in [0.15, 0.2) is 61.2 Å². The Balaban J connectivity index is 1.36. The number of hydrogen-bond acceptors (Lipinski definition) is 8. The molecule has 1 amide bonds. The molecule has 0 aliphatic carbocycles. The number of pyridine rings is 1. The van der Waals surface area contributed by atoms with Crippen molar-refractivity contribution in [1.29, 1.82) is 0 Å². The van der Waals surface area contributed by atoms with E-state index in [2.05, 4.69) is 53.7 Å². The van der Waals surface area contributed by atoms with Crippen molar-refractivity contribution >= 4 is 45.0 Å². The fourth-order valence-corrected chi connectivity index (χ4v) is 4.93. The van der Waals surface area contributed by atoms with Crippen LogP contribution in [0.25, 0.3) is 11.0 Å². The largest absolute Gasteiger partial charge is 0.353 e. The number of carbonyl (C=O) groups is 1. The number of anilines is 3. The number of nitrogens with zero attached hydrogens (tertiary/aromatic N) is 6. The van der Waals surface area contributed by atoms with Crippen molar-refractivity contribution in [2.75, 3.05) is 35.3 Å². The summed E-state index contributed by atoms with van der Waals surface area (Å²) >= 11 is 1.38. The van der Waals surface area contributed by atoms with Gasteiger partial charge in [0.1, 0.15) is 23.6 Å². The molecule has 1 aliphatic rings. The minimum absolute atomic E-state index is 0.188. The van der Waals surface area contributed by atoms with Gasteiger partial charge in [-0.1, -0.05) is 6.08 Å². The maximum Gasteiger partial charge on any atom is 0.259 e. The van der Waals surface area contributed by atoms with Gasteiger partial charge in [0.25, 0.3) is 5.91 Å². The van der Waals surface area contributed by atoms with Crippen molar-refractivity contribution in [3.8, 4) is 0 Å². The second-order valence-corrected chi connectivity index (χ2v) is 8.98. The fourth-order valence-electron chi connectivity index (χ4n) is 4.41. The van der Waals surface area contributed by atoms with Crippen LogP contribution >= 0.6 is 11.3 Å². The lowest BCUT2D eigenvalue weighted by atomic mass is 9.92. The molecule has 9 nitrogen and oxygen atoms in total. The van der Waals surface area contributed by atoms with Gasteiger partial charge in [0.05, 0.1) is 16.5 Å². The van der Waals surface area contributed by atoms with E-state index in [0.29, 0.717) is 10.7 Å². The molecule has 5 heterocycles. The lowest BCUT2D eigenvalue weighted by Gasteiger charge is -2.39. The topological polar surface area (TPSA) is 103 Å². The highest BCUT2D eigenvalue weighted by Crippen LogP contribution is 2.37. The third-order valence-corrected chi connectivity index (χ3v) is 6.90. The highest BCUT2D eigenvalue weighted by atomic mass is 32.1. The number of likely N-dealkylation sites (N-methyl/N-ethyl adjacent to an activating group) is 1. The second kappa shape index (κ2) is 8.62. The maximum atomic E-state index is 12.5. The summed E-state index contributed by atoms with van der Waals surface area (Å²) in [5.74, 6) is 1.51. The molecule has 168 valence electrons. The number of carbonyl (C=O) groups excluding carboxylic acids is 1. The smallest absolute Gasteiger partial charge is 0.259 e. The molecule has 10 heteroatoms. The quantitative estimate of drug-likeness (QED) is 0.405. The highest BCUT2D eigenvalue weighted by Gasteiger charge is 2.42. The molecular weight excluding hydrogens is 436 g/mol. The number of nitrogens with one attached hydrogen (secondary N) is 2. The molecule has 0 unspecified atom stereocenters. The van der Waals surface area contributed by atoms with Gasteiger partial charge >= 0.3 is 0 Å². The first kappa shape index (κ1) is 21.1. The summed E-state index contributed by atoms with van der Waals surface area (Å²) in [6.07, 6.45) is 10.4. The molecular formula is C23H24N8OS. The van der Waals surface area contributed by atoms with Crippen LogP contribution in [0.5, 0.6) is 0 Å². The van der Waals surface area contributed by atoms with Crippen molar-refractivity contribution < 1.29 is 4.79 Å². The van der Waals surface area contributed by atoms with Crippen LogP contribution in [-0.4, -0.2) is 56.5 Å². The van der Waals surface area contributed by atoms with Gasteiger partial charge in [-0.15, -0.1) is 17.9 Å². The van der Waals surface area contributed by atoms with E-state index in [-0.39, 0.29) is 11.4 Å². The van der Waals surface area contributed by atoms with Crippen LogP contribution in [0.2, 0.25) is 0 Å². The molecule has 4 aromatic rings. The summed E-state index contributed by atoms with van der Waals surface area (Å²) < 4.78 is 0. The van der Waals surface area contributed by atoms with Gasteiger partial charge in [0.2, 0.25) is 0 Å². The van der Waals surface area contributed by atoms with E-state index in [4.69, 9.17) is 0 Å². The van der Waals surface area contributed by atoms with E-state index < -0.39 is 0 Å². The molecule has 1 aliphatic heterocycles. The van der Waals surface area contributed by atoms with E-state index in [0.717, 1.165) is 48.6 Å². The van der Waals surface area contributed by atoms with Crippen molar-refractivity contribution in [1.82, 2.24) is 24.9 Å². The first-order valence-corrected chi connectivity index (χ1v) is 11.5. The van der Waals surface area contributed by atoms with Crippen LogP contribution in [-0.2, 0) is 0 Å². The van der Waals surface area contributed by atoms with Crippen molar-refractivity contribution in [2.45, 2.75) is 18.4 Å². The third kappa shape index (κ3) is 3.93. The predicted octanol–water partition coefficient (Wildman–Crippen LogP) is 3.72. The molecule has 1 fully saturated rings. The first-order valence-electron chi connectivity index (χ1n) is 10.6. The number of aromatic amines is 1. The van der Waals surface area contributed by atoms with Crippen LogP contribution in [0, 0.1) is 0 Å². The van der Waals surface area contributed by atoms with Gasteiger partial charge in [-0.3, -0.25) is 10.1 Å². The summed E-state index contributed by atoms with van der Waals surface area (Å²) in [5.41, 5.74) is 1.14. The number of hydrogen-bond donors (Lipinski definition) is 2. The molecule has 1 saturated heterocycles. The average Bonchev–Trinajstić information content (AvgIpc) is 3.60. The Morgan fingerprint density at radius 2 is 2.24 bits per heavy atom. The van der Waals surface area contributed by atoms with E-state index in [1.54, 1.807) is 24.8 Å². The first-order chi connectivity index (χ1) is 16.1. The molecule has 33 heavy (non-hydrogen) atoms. The Morgan fingerprint density at radius 1 is 1.33 bits per heavy atom. The summed E-state index contributed by atoms with van der Waals surface area (Å²) in [7, 11) is 2.05. The highest BCUT2D eigenvalue weighted by molar-refractivity contribution is 7.13. The zero-order valence-electron chi connectivity index (χ0n) is 18.2. The fraction of sp³-hybridized carbons (Fsp3) is 0.261. The normalized spacial score (nSPS) is 17.9. The van der Waals surface area contributed by atoms with Gasteiger partial charge < -0.3 is 14.8 Å². The molecule has 0 bridgehead atoms. The Hall–Kier alpha value is -3.79. The van der Waals surface area contributed by atoms with Gasteiger partial charge in [0.15, 0.2) is 5.13 Å². The van der Waals surface area contributed by atoms with Crippen LogP contribution in [0.3, 0.4) is 0 Å². The molecule has 0 spiro atoms. The Labute approximate surface area is 195 Å². The van der Waals surface area contributed by atoms with Gasteiger partial charge in [-0.05, 0) is 31.0 Å². The zero-order chi connectivity index (χ0) is 22.8. The minimum atomic E-state index is -0.223. The van der Waals surface area contributed by atoms with Crippen LogP contribution in [0.4, 0.5) is 16.8 Å². The summed E-state index contributed by atoms with van der Waals surface area (Å²) in [6, 6.07) is 5.70. The van der Waals surface area contributed by atoms with Crippen LogP contribution < -0.4 is 15.1 Å². The number of H-pyrrole nitrogens is 1. The monoisotopic (exact) mass is 460 g/mol. The van der Waals surface area contributed by atoms with E-state index in [1.165, 1.54) is 11.3 Å². The van der Waals surface area contributed by atoms with Crippen molar-refractivity contribution in [3.63, 3.8) is 0 Å². The number of rotatable bonds is 7. The summed E-state index contributed by atoms with van der Waals surface area (Å²) in [4.78, 5) is 37.7. The molecule has 0 radical (unpaired) electrons. The standard InChI is InChI=1S/C23H24N8OS/c1-3-7-23(8-11-31(14-23)20-17-6-9-24-19(17)27-15-28-20)30(2)18-5-4-16(13-26-18)21(32)29-22-25-10-12-33-22/h3-6,9-10,12-13,15H,1,7-8,11,14H2,2H3,(H,24,27,28)(H,25,29,32)/t23-/m1/s1. The number of thiazole rings is 1. The lowest BCUT2D eigenvalue weighted by molar-refractivity contribution is 0.102. The Kier molecular flexibility index (Phi) is 5.51. The molecule has 1 atom stereocenters. The molecule has 5 rings (SSSR count). The molecule has 2 N–H and O–H groups in total. The molecule has 0 saturated carbocycles. The average molecular weight is 461 g/mol.